The molecule has 0 saturated carbocycles. The summed E-state index contributed by atoms with van der Waals surface area (Å²) >= 11 is 0. The molecular formula is C15H32B2. The van der Waals surface area contributed by atoms with Crippen LogP contribution in [-0.2, 0) is 0 Å². The van der Waals surface area contributed by atoms with E-state index < -0.39 is 0 Å². The lowest BCUT2D eigenvalue weighted by atomic mass is 9.38. The Morgan fingerprint density at radius 3 is 1.76 bits per heavy atom. The topological polar surface area (TPSA) is 0 Å². The summed E-state index contributed by atoms with van der Waals surface area (Å²) in [4.78, 5) is 0. The van der Waals surface area contributed by atoms with Crippen LogP contribution in [0.2, 0.25) is 5.21 Å². The van der Waals surface area contributed by atoms with Crippen molar-refractivity contribution in [1.82, 2.24) is 0 Å². The van der Waals surface area contributed by atoms with E-state index in [2.05, 4.69) is 63.0 Å². The van der Waals surface area contributed by atoms with Crippen molar-refractivity contribution >= 4 is 15.7 Å². The summed E-state index contributed by atoms with van der Waals surface area (Å²) in [5, 5.41) is 0.386. The Hall–Kier alpha value is -0.130. The Labute approximate surface area is 111 Å². The van der Waals surface area contributed by atoms with Crippen molar-refractivity contribution in [3.63, 3.8) is 0 Å². The quantitative estimate of drug-likeness (QED) is 0.444. The minimum Gasteiger partial charge on any atom is -0.103 e. The third-order valence-electron chi connectivity index (χ3n) is 5.61. The van der Waals surface area contributed by atoms with Crippen LogP contribution in [0, 0.1) is 10.8 Å². The molecule has 0 radical (unpaired) electrons. The SMILES string of the molecule is BC(B)(CC(CC)(CC)CC=C)C(C)(C)CC. The molecule has 0 spiro atoms. The van der Waals surface area contributed by atoms with Gasteiger partial charge in [0.15, 0.2) is 0 Å². The van der Waals surface area contributed by atoms with Crippen molar-refractivity contribution in [1.29, 1.82) is 0 Å². The van der Waals surface area contributed by atoms with Gasteiger partial charge in [0.25, 0.3) is 0 Å². The van der Waals surface area contributed by atoms with E-state index in [1.165, 1.54) is 25.7 Å². The van der Waals surface area contributed by atoms with E-state index in [0.717, 1.165) is 6.42 Å². The first-order valence-electron chi connectivity index (χ1n) is 7.31. The van der Waals surface area contributed by atoms with E-state index in [-0.39, 0.29) is 0 Å². The molecule has 0 bridgehead atoms. The van der Waals surface area contributed by atoms with Crippen molar-refractivity contribution in [3.8, 4) is 0 Å². The highest BCUT2D eigenvalue weighted by Gasteiger charge is 2.40. The number of hydrogen-bond acceptors (Lipinski definition) is 0. The van der Waals surface area contributed by atoms with Gasteiger partial charge in [-0.3, -0.25) is 0 Å². The van der Waals surface area contributed by atoms with Crippen LogP contribution in [-0.4, -0.2) is 15.7 Å². The summed E-state index contributed by atoms with van der Waals surface area (Å²) in [6.07, 6.45) is 8.35. The molecular weight excluding hydrogens is 202 g/mol. The minimum absolute atomic E-state index is 0.386. The molecule has 0 atom stereocenters. The summed E-state index contributed by atoms with van der Waals surface area (Å²) in [5.74, 6) is 0. The fraction of sp³-hybridized carbons (Fsp3) is 0.867. The zero-order valence-corrected chi connectivity index (χ0v) is 13.3. The fourth-order valence-electron chi connectivity index (χ4n) is 2.82. The van der Waals surface area contributed by atoms with Crippen LogP contribution in [0.15, 0.2) is 12.7 Å². The summed E-state index contributed by atoms with van der Waals surface area (Å²) in [5.41, 5.74) is 0.863. The second kappa shape index (κ2) is 6.16. The normalized spacial score (nSPS) is 13.7. The monoisotopic (exact) mass is 234 g/mol. The van der Waals surface area contributed by atoms with Crippen molar-refractivity contribution in [3.05, 3.63) is 12.7 Å². The second-order valence-electron chi connectivity index (χ2n) is 7.00. The van der Waals surface area contributed by atoms with Crippen LogP contribution in [0.5, 0.6) is 0 Å². The molecule has 0 saturated heterocycles. The van der Waals surface area contributed by atoms with Gasteiger partial charge in [0, 0.05) is 0 Å². The zero-order valence-electron chi connectivity index (χ0n) is 13.3. The summed E-state index contributed by atoms with van der Waals surface area (Å²) < 4.78 is 0. The smallest absolute Gasteiger partial charge is 0.0999 e. The maximum absolute atomic E-state index is 3.95. The first-order valence-corrected chi connectivity index (χ1v) is 7.31. The van der Waals surface area contributed by atoms with Crippen LogP contribution < -0.4 is 0 Å². The first-order chi connectivity index (χ1) is 7.70. The third-order valence-corrected chi connectivity index (χ3v) is 5.61. The summed E-state index contributed by atoms with van der Waals surface area (Å²) in [6.45, 7) is 15.8. The van der Waals surface area contributed by atoms with Crippen molar-refractivity contribution in [2.45, 2.75) is 71.9 Å². The van der Waals surface area contributed by atoms with E-state index in [0.29, 0.717) is 16.0 Å². The van der Waals surface area contributed by atoms with E-state index >= 15 is 0 Å². The third kappa shape index (κ3) is 3.93. The van der Waals surface area contributed by atoms with Gasteiger partial charge < -0.3 is 0 Å². The van der Waals surface area contributed by atoms with Gasteiger partial charge in [-0.15, -0.1) is 6.58 Å². The molecule has 0 nitrogen and oxygen atoms in total. The maximum Gasteiger partial charge on any atom is 0.0999 e. The Kier molecular flexibility index (Phi) is 6.11. The van der Waals surface area contributed by atoms with E-state index in [1.807, 2.05) is 0 Å². The van der Waals surface area contributed by atoms with Crippen LogP contribution in [0.3, 0.4) is 0 Å². The molecule has 0 aliphatic heterocycles. The van der Waals surface area contributed by atoms with E-state index in [4.69, 9.17) is 0 Å². The highest BCUT2D eigenvalue weighted by atomic mass is 14.4. The molecule has 0 aromatic rings. The number of allylic oxidation sites excluding steroid dienone is 1. The van der Waals surface area contributed by atoms with E-state index in [9.17, 15) is 0 Å². The Morgan fingerprint density at radius 2 is 1.47 bits per heavy atom. The molecule has 0 aliphatic rings. The summed E-state index contributed by atoms with van der Waals surface area (Å²) in [6, 6.07) is 0. The van der Waals surface area contributed by atoms with Gasteiger partial charge in [0.2, 0.25) is 0 Å². The maximum atomic E-state index is 3.95. The van der Waals surface area contributed by atoms with Gasteiger partial charge in [0.05, 0.1) is 15.7 Å². The van der Waals surface area contributed by atoms with Crippen molar-refractivity contribution in [2.75, 3.05) is 0 Å². The van der Waals surface area contributed by atoms with Crippen molar-refractivity contribution < 1.29 is 0 Å². The van der Waals surface area contributed by atoms with Crippen LogP contribution in [0.25, 0.3) is 0 Å². The Balaban J connectivity index is 5.04. The molecule has 0 fully saturated rings. The molecule has 98 valence electrons. The highest BCUT2D eigenvalue weighted by molar-refractivity contribution is 6.40. The molecule has 0 N–H and O–H groups in total. The molecule has 0 aliphatic carbocycles. The van der Waals surface area contributed by atoms with Crippen LogP contribution in [0.1, 0.15) is 66.7 Å². The number of hydrogen-bond donors (Lipinski definition) is 0. The first kappa shape index (κ1) is 16.9. The lowest BCUT2D eigenvalue weighted by Gasteiger charge is -2.48. The average molecular weight is 234 g/mol. The molecule has 0 aromatic carbocycles. The van der Waals surface area contributed by atoms with Crippen LogP contribution in [0.4, 0.5) is 0 Å². The van der Waals surface area contributed by atoms with Gasteiger partial charge in [-0.1, -0.05) is 71.6 Å². The van der Waals surface area contributed by atoms with Gasteiger partial charge in [0.1, 0.15) is 0 Å². The van der Waals surface area contributed by atoms with E-state index in [1.54, 1.807) is 0 Å². The van der Waals surface area contributed by atoms with Crippen LogP contribution >= 0.6 is 0 Å². The zero-order chi connectivity index (χ0) is 13.7. The highest BCUT2D eigenvalue weighted by Crippen LogP contribution is 2.52. The van der Waals surface area contributed by atoms with Crippen molar-refractivity contribution in [2.24, 2.45) is 10.8 Å². The molecule has 0 aromatic heterocycles. The second-order valence-corrected chi connectivity index (χ2v) is 7.00. The minimum atomic E-state index is 0.386. The molecule has 0 heterocycles. The standard InChI is InChI=1S/C15H32B2/c1-7-11-14(9-3,10-4)12-15(16,17)13(5,6)8-2/h7H,1,8-12,16-17H2,2-6H3. The molecule has 0 amide bonds. The lowest BCUT2D eigenvalue weighted by molar-refractivity contribution is 0.167. The largest absolute Gasteiger partial charge is 0.103 e. The Morgan fingerprint density at radius 1 is 1.00 bits per heavy atom. The molecule has 0 rings (SSSR count). The van der Waals surface area contributed by atoms with Gasteiger partial charge in [-0.25, -0.2) is 0 Å². The molecule has 17 heavy (non-hydrogen) atoms. The molecule has 2 heteroatoms. The predicted octanol–water partition coefficient (Wildman–Crippen LogP) is 3.58. The number of rotatable bonds is 8. The van der Waals surface area contributed by atoms with Gasteiger partial charge in [-0.2, -0.15) is 0 Å². The summed E-state index contributed by atoms with van der Waals surface area (Å²) in [7, 11) is 4.89. The van der Waals surface area contributed by atoms with Gasteiger partial charge in [-0.05, 0) is 17.3 Å². The predicted molar refractivity (Wildman–Crippen MR) is 86.3 cm³/mol. The fourth-order valence-corrected chi connectivity index (χ4v) is 2.82. The average Bonchev–Trinajstić information content (AvgIpc) is 2.27. The Bertz CT molecular complexity index is 237. The molecule has 0 unspecified atom stereocenters. The van der Waals surface area contributed by atoms with Gasteiger partial charge >= 0.3 is 0 Å². The lowest BCUT2D eigenvalue weighted by Crippen LogP contribution is -2.37.